The number of imidazole rings is 1. The zero-order valence-corrected chi connectivity index (χ0v) is 17.1. The highest BCUT2D eigenvalue weighted by Gasteiger charge is 2.23. The zero-order chi connectivity index (χ0) is 19.7. The highest BCUT2D eigenvalue weighted by Crippen LogP contribution is 2.30. The zero-order valence-electron chi connectivity index (χ0n) is 14.7. The van der Waals surface area contributed by atoms with Crippen molar-refractivity contribution in [3.8, 4) is 0 Å². The molecule has 1 heterocycles. The predicted octanol–water partition coefficient (Wildman–Crippen LogP) is 4.64. The fourth-order valence-corrected chi connectivity index (χ4v) is 5.03. The van der Waals surface area contributed by atoms with Gasteiger partial charge in [0.2, 0.25) is 5.95 Å². The lowest BCUT2D eigenvalue weighted by Gasteiger charge is -2.10. The lowest BCUT2D eigenvalue weighted by Crippen LogP contribution is -2.15. The van der Waals surface area contributed by atoms with Crippen LogP contribution in [0.5, 0.6) is 0 Å². The van der Waals surface area contributed by atoms with E-state index in [2.05, 4.69) is 20.9 Å². The largest absolute Gasteiger partial charge is 0.368 e. The molecule has 0 saturated carbocycles. The topological polar surface area (TPSA) is 78.0 Å². The summed E-state index contributed by atoms with van der Waals surface area (Å²) < 4.78 is 27.4. The summed E-state index contributed by atoms with van der Waals surface area (Å²) in [6.45, 7) is 0. The van der Waals surface area contributed by atoms with E-state index in [9.17, 15) is 8.42 Å². The maximum Gasteiger partial charge on any atom is 0.271 e. The number of anilines is 1. The molecular formula is C21H16BrN3O2S. The van der Waals surface area contributed by atoms with Crippen LogP contribution in [0.2, 0.25) is 0 Å². The maximum absolute atomic E-state index is 13.2. The van der Waals surface area contributed by atoms with Gasteiger partial charge in [-0.2, -0.15) is 0 Å². The summed E-state index contributed by atoms with van der Waals surface area (Å²) in [6.07, 6.45) is 0. The average Bonchev–Trinajstić information content (AvgIpc) is 3.06. The van der Waals surface area contributed by atoms with Crippen LogP contribution in [0.15, 0.2) is 88.7 Å². The van der Waals surface area contributed by atoms with Crippen molar-refractivity contribution in [3.05, 3.63) is 95.0 Å². The van der Waals surface area contributed by atoms with Gasteiger partial charge in [0.25, 0.3) is 10.0 Å². The van der Waals surface area contributed by atoms with Gasteiger partial charge in [-0.1, -0.05) is 70.5 Å². The second-order valence-electron chi connectivity index (χ2n) is 6.14. The van der Waals surface area contributed by atoms with Crippen molar-refractivity contribution >= 4 is 48.5 Å². The lowest BCUT2D eigenvalue weighted by atomic mass is 9.99. The summed E-state index contributed by atoms with van der Waals surface area (Å²) in [6, 6.07) is 23.5. The van der Waals surface area contributed by atoms with Gasteiger partial charge < -0.3 is 5.73 Å². The summed E-state index contributed by atoms with van der Waals surface area (Å²) >= 11 is 3.43. The minimum Gasteiger partial charge on any atom is -0.368 e. The van der Waals surface area contributed by atoms with Gasteiger partial charge in [-0.25, -0.2) is 17.4 Å². The molecule has 4 rings (SSSR count). The number of rotatable bonds is 4. The smallest absolute Gasteiger partial charge is 0.271 e. The van der Waals surface area contributed by atoms with Crippen molar-refractivity contribution in [2.24, 2.45) is 0 Å². The number of hydrogen-bond donors (Lipinski definition) is 1. The molecule has 0 amide bonds. The Morgan fingerprint density at radius 2 is 1.57 bits per heavy atom. The van der Waals surface area contributed by atoms with E-state index >= 15 is 0 Å². The van der Waals surface area contributed by atoms with E-state index in [0.29, 0.717) is 11.0 Å². The molecule has 0 spiro atoms. The van der Waals surface area contributed by atoms with Crippen molar-refractivity contribution in [1.29, 1.82) is 0 Å². The number of nitrogens with zero attached hydrogens (tertiary/aromatic N) is 2. The van der Waals surface area contributed by atoms with Crippen LogP contribution >= 0.6 is 15.9 Å². The molecule has 0 aliphatic heterocycles. The first-order valence-corrected chi connectivity index (χ1v) is 10.8. The molecule has 3 aromatic carbocycles. The molecule has 0 aliphatic rings. The molecule has 4 aromatic rings. The van der Waals surface area contributed by atoms with Crippen LogP contribution in [0.3, 0.4) is 0 Å². The number of benzene rings is 3. The summed E-state index contributed by atoms with van der Waals surface area (Å²) in [5.41, 5.74) is 9.72. The van der Waals surface area contributed by atoms with Gasteiger partial charge in [0.05, 0.1) is 15.9 Å². The standard InChI is InChI=1S/C21H16BrN3O2S/c22-14-18(15-7-3-1-4-8-15)16-11-12-19-20(13-16)25(21(23)24-19)28(26,27)17-9-5-2-6-10-17/h1-14H,(H2,23,24). The normalized spacial score (nSPS) is 12.4. The fraction of sp³-hybridized carbons (Fsp3) is 0. The van der Waals surface area contributed by atoms with Gasteiger partial charge in [0.15, 0.2) is 0 Å². The third-order valence-corrected chi connectivity index (χ3v) is 6.61. The molecule has 0 aliphatic carbocycles. The molecule has 0 bridgehead atoms. The van der Waals surface area contributed by atoms with Gasteiger partial charge in [-0.3, -0.25) is 0 Å². The van der Waals surface area contributed by atoms with Crippen molar-refractivity contribution in [2.75, 3.05) is 5.73 Å². The molecule has 5 nitrogen and oxygen atoms in total. The maximum atomic E-state index is 13.2. The number of halogens is 1. The highest BCUT2D eigenvalue weighted by molar-refractivity contribution is 9.11. The molecular weight excluding hydrogens is 438 g/mol. The van der Waals surface area contributed by atoms with Gasteiger partial charge >= 0.3 is 0 Å². The van der Waals surface area contributed by atoms with Crippen LogP contribution in [-0.2, 0) is 10.0 Å². The Morgan fingerprint density at radius 3 is 2.21 bits per heavy atom. The number of nitrogens with two attached hydrogens (primary N) is 1. The minimum atomic E-state index is -3.87. The van der Waals surface area contributed by atoms with Gasteiger partial charge in [-0.15, -0.1) is 0 Å². The van der Waals surface area contributed by atoms with Crippen LogP contribution < -0.4 is 5.73 Å². The third-order valence-electron chi connectivity index (χ3n) is 4.42. The third kappa shape index (κ3) is 3.12. The lowest BCUT2D eigenvalue weighted by molar-refractivity contribution is 0.589. The summed E-state index contributed by atoms with van der Waals surface area (Å²) in [5, 5.41) is 0. The average molecular weight is 454 g/mol. The number of nitrogen functional groups attached to an aromatic ring is 1. The molecule has 0 unspecified atom stereocenters. The van der Waals surface area contributed by atoms with Gasteiger partial charge in [0, 0.05) is 0 Å². The quantitative estimate of drug-likeness (QED) is 0.488. The highest BCUT2D eigenvalue weighted by atomic mass is 79.9. The van der Waals surface area contributed by atoms with Crippen molar-refractivity contribution < 1.29 is 8.42 Å². The Hall–Kier alpha value is -2.90. The number of hydrogen-bond acceptors (Lipinski definition) is 4. The van der Waals surface area contributed by atoms with E-state index in [1.54, 1.807) is 30.3 Å². The summed E-state index contributed by atoms with van der Waals surface area (Å²) in [7, 11) is -3.87. The van der Waals surface area contributed by atoms with Crippen LogP contribution in [-0.4, -0.2) is 17.4 Å². The molecule has 1 aromatic heterocycles. The first kappa shape index (κ1) is 18.5. The molecule has 7 heteroatoms. The van der Waals surface area contributed by atoms with Crippen molar-refractivity contribution in [1.82, 2.24) is 8.96 Å². The molecule has 28 heavy (non-hydrogen) atoms. The van der Waals surface area contributed by atoms with E-state index in [0.717, 1.165) is 20.7 Å². The van der Waals surface area contributed by atoms with E-state index in [1.165, 1.54) is 12.1 Å². The summed E-state index contributed by atoms with van der Waals surface area (Å²) in [4.78, 5) is 6.21. The Labute approximate surface area is 171 Å². The van der Waals surface area contributed by atoms with Crippen LogP contribution in [0.4, 0.5) is 5.95 Å². The first-order valence-electron chi connectivity index (χ1n) is 8.47. The van der Waals surface area contributed by atoms with Crippen LogP contribution in [0.25, 0.3) is 16.6 Å². The first-order chi connectivity index (χ1) is 13.5. The van der Waals surface area contributed by atoms with E-state index in [-0.39, 0.29) is 10.8 Å². The minimum absolute atomic E-state index is 0.0694. The Bertz CT molecular complexity index is 1280. The van der Waals surface area contributed by atoms with Crippen molar-refractivity contribution in [3.63, 3.8) is 0 Å². The van der Waals surface area contributed by atoms with Gasteiger partial charge in [-0.05, 0) is 46.0 Å². The predicted molar refractivity (Wildman–Crippen MR) is 116 cm³/mol. The second-order valence-corrected chi connectivity index (χ2v) is 8.39. The molecule has 140 valence electrons. The van der Waals surface area contributed by atoms with Gasteiger partial charge in [0.1, 0.15) is 0 Å². The van der Waals surface area contributed by atoms with E-state index < -0.39 is 10.0 Å². The van der Waals surface area contributed by atoms with E-state index in [4.69, 9.17) is 5.73 Å². The fourth-order valence-electron chi connectivity index (χ4n) is 3.10. The summed E-state index contributed by atoms with van der Waals surface area (Å²) in [5.74, 6) is -0.0694. The molecule has 0 fully saturated rings. The molecule has 2 N–H and O–H groups in total. The SMILES string of the molecule is Nc1nc2ccc(C(=CBr)c3ccccc3)cc2n1S(=O)(=O)c1ccccc1. The molecule has 0 atom stereocenters. The van der Waals surface area contributed by atoms with Crippen molar-refractivity contribution in [2.45, 2.75) is 4.90 Å². The monoisotopic (exact) mass is 453 g/mol. The number of fused-ring (bicyclic) bond motifs is 1. The van der Waals surface area contributed by atoms with Crippen LogP contribution in [0.1, 0.15) is 11.1 Å². The number of aromatic nitrogens is 2. The molecule has 0 radical (unpaired) electrons. The van der Waals surface area contributed by atoms with E-state index in [1.807, 2.05) is 41.4 Å². The second kappa shape index (κ2) is 7.26. The molecule has 0 saturated heterocycles. The van der Waals surface area contributed by atoms with Crippen LogP contribution in [0, 0.1) is 0 Å². The Morgan fingerprint density at radius 1 is 0.929 bits per heavy atom. The Balaban J connectivity index is 1.93. The Kier molecular flexibility index (Phi) is 4.78.